The first-order chi connectivity index (χ1) is 22.1. The Morgan fingerprint density at radius 1 is 0.844 bits per heavy atom. The predicted molar refractivity (Wildman–Crippen MR) is 198 cm³/mol. The summed E-state index contributed by atoms with van der Waals surface area (Å²) in [5.74, 6) is 4.23. The molecule has 0 heteroatoms. The first-order valence-electron chi connectivity index (χ1n) is 17.3. The monoisotopic (exact) mass is 594 g/mol. The van der Waals surface area contributed by atoms with Crippen molar-refractivity contribution in [1.29, 1.82) is 0 Å². The molecule has 0 radical (unpaired) electrons. The fraction of sp³-hybridized carbons (Fsp3) is 0.356. The van der Waals surface area contributed by atoms with E-state index in [1.165, 1.54) is 73.6 Å². The first kappa shape index (κ1) is 32.5. The molecule has 6 aliphatic carbocycles. The van der Waals surface area contributed by atoms with Crippen molar-refractivity contribution >= 4 is 0 Å². The Hall–Kier alpha value is -3.86. The summed E-state index contributed by atoms with van der Waals surface area (Å²) in [4.78, 5) is 0. The van der Waals surface area contributed by atoms with E-state index in [1.54, 1.807) is 46.6 Å². The van der Waals surface area contributed by atoms with Gasteiger partial charge in [-0.2, -0.15) is 0 Å². The van der Waals surface area contributed by atoms with Gasteiger partial charge in [-0.1, -0.05) is 135 Å². The van der Waals surface area contributed by atoms with Crippen LogP contribution in [0.3, 0.4) is 0 Å². The summed E-state index contributed by atoms with van der Waals surface area (Å²) in [5, 5.41) is 0. The molecule has 5 atom stereocenters. The van der Waals surface area contributed by atoms with Crippen LogP contribution in [0.15, 0.2) is 163 Å². The Balaban J connectivity index is 0.000000482. The molecule has 0 bridgehead atoms. The van der Waals surface area contributed by atoms with E-state index >= 15 is 0 Å². The van der Waals surface area contributed by atoms with Crippen molar-refractivity contribution in [1.82, 2.24) is 0 Å². The second-order valence-corrected chi connectivity index (χ2v) is 13.3. The van der Waals surface area contributed by atoms with E-state index < -0.39 is 0 Å². The highest BCUT2D eigenvalue weighted by Gasteiger charge is 2.42. The normalized spacial score (nSPS) is 26.3. The van der Waals surface area contributed by atoms with E-state index in [9.17, 15) is 0 Å². The van der Waals surface area contributed by atoms with Crippen LogP contribution in [-0.4, -0.2) is 0 Å². The number of benzene rings is 1. The zero-order valence-corrected chi connectivity index (χ0v) is 27.5. The maximum atomic E-state index is 3.54. The van der Waals surface area contributed by atoms with E-state index in [1.807, 2.05) is 0 Å². The molecule has 7 rings (SSSR count). The molecule has 5 unspecified atom stereocenters. The Labute approximate surface area is 275 Å². The quantitative estimate of drug-likeness (QED) is 0.187. The third-order valence-electron chi connectivity index (χ3n) is 10.3. The van der Waals surface area contributed by atoms with Crippen molar-refractivity contribution in [2.75, 3.05) is 0 Å². The molecule has 0 spiro atoms. The molecule has 0 heterocycles. The van der Waals surface area contributed by atoms with Crippen LogP contribution in [0.1, 0.15) is 83.2 Å². The molecule has 45 heavy (non-hydrogen) atoms. The van der Waals surface area contributed by atoms with Gasteiger partial charge in [0.1, 0.15) is 0 Å². The standard InChI is InChI=1S/C37H40.2C4H6.H2/c1-2-28-15-16-32-23-36(32)34(28)8-4-6-25-5-3-7-26(10-9-25)21-27-11-13-29(14-12-27)30-19-20-35-31(22-30)17-18-33-24-37(33)35;2*1-3-4-2;/h3,5,9-18,30,32-33,36-37H,2,4,6,8,19-24H2,1H3;2*3-4H,1-2H2;1H. The number of hydrogen-bond donors (Lipinski definition) is 0. The lowest BCUT2D eigenvalue weighted by molar-refractivity contribution is 0.559. The van der Waals surface area contributed by atoms with Crippen LogP contribution in [0.4, 0.5) is 0 Å². The van der Waals surface area contributed by atoms with Crippen LogP contribution in [0.5, 0.6) is 0 Å². The molecular formula is C45H54. The molecule has 1 aromatic rings. The summed E-state index contributed by atoms with van der Waals surface area (Å²) in [7, 11) is 0. The van der Waals surface area contributed by atoms with Crippen LogP contribution >= 0.6 is 0 Å². The molecule has 6 aliphatic rings. The highest BCUT2D eigenvalue weighted by atomic mass is 14.5. The molecule has 2 saturated carbocycles. The van der Waals surface area contributed by atoms with Gasteiger partial charge in [0.05, 0.1) is 0 Å². The average molecular weight is 595 g/mol. The first-order valence-corrected chi connectivity index (χ1v) is 17.3. The molecule has 0 amide bonds. The Kier molecular flexibility index (Phi) is 11.5. The van der Waals surface area contributed by atoms with Gasteiger partial charge in [-0.25, -0.2) is 0 Å². The van der Waals surface area contributed by atoms with Gasteiger partial charge in [0.2, 0.25) is 0 Å². The van der Waals surface area contributed by atoms with Gasteiger partial charge in [0.25, 0.3) is 0 Å². The van der Waals surface area contributed by atoms with Gasteiger partial charge in [0.15, 0.2) is 0 Å². The smallest absolute Gasteiger partial charge is 0.00479 e. The van der Waals surface area contributed by atoms with Crippen LogP contribution in [0, 0.1) is 23.7 Å². The Morgan fingerprint density at radius 3 is 2.29 bits per heavy atom. The summed E-state index contributed by atoms with van der Waals surface area (Å²) >= 11 is 0. The lowest BCUT2D eigenvalue weighted by atomic mass is 9.77. The largest absolute Gasteiger partial charge is 0.117 e. The molecule has 1 aromatic carbocycles. The fourth-order valence-corrected chi connectivity index (χ4v) is 7.50. The van der Waals surface area contributed by atoms with E-state index in [0.29, 0.717) is 5.92 Å². The molecule has 234 valence electrons. The van der Waals surface area contributed by atoms with E-state index in [-0.39, 0.29) is 1.43 Å². The van der Waals surface area contributed by atoms with Crippen molar-refractivity contribution in [3.63, 3.8) is 0 Å². The van der Waals surface area contributed by atoms with Crippen LogP contribution in [0.25, 0.3) is 0 Å². The van der Waals surface area contributed by atoms with Gasteiger partial charge >= 0.3 is 0 Å². The summed E-state index contributed by atoms with van der Waals surface area (Å²) in [6.07, 6.45) is 38.0. The minimum atomic E-state index is 0. The lowest BCUT2D eigenvalue weighted by Gasteiger charge is -2.28. The summed E-state index contributed by atoms with van der Waals surface area (Å²) in [5.41, 5.74) is 16.0. The predicted octanol–water partition coefficient (Wildman–Crippen LogP) is 12.6. The van der Waals surface area contributed by atoms with Gasteiger partial charge in [0, 0.05) is 7.85 Å². The van der Waals surface area contributed by atoms with Gasteiger partial charge in [-0.05, 0) is 127 Å². The molecule has 0 N–H and O–H groups in total. The topological polar surface area (TPSA) is 0 Å². The van der Waals surface area contributed by atoms with Crippen molar-refractivity contribution in [3.05, 3.63) is 174 Å². The Morgan fingerprint density at radius 2 is 1.56 bits per heavy atom. The average Bonchev–Trinajstić information content (AvgIpc) is 4.01. The third kappa shape index (κ3) is 8.65. The number of hydrogen-bond acceptors (Lipinski definition) is 0. The number of rotatable bonds is 10. The van der Waals surface area contributed by atoms with E-state index in [4.69, 9.17) is 0 Å². The minimum Gasteiger partial charge on any atom is -0.117 e. The van der Waals surface area contributed by atoms with Crippen LogP contribution < -0.4 is 0 Å². The van der Waals surface area contributed by atoms with E-state index in [0.717, 1.165) is 36.5 Å². The molecule has 2 fully saturated rings. The zero-order chi connectivity index (χ0) is 31.6. The summed E-state index contributed by atoms with van der Waals surface area (Å²) < 4.78 is 0. The lowest BCUT2D eigenvalue weighted by Crippen LogP contribution is -2.11. The maximum Gasteiger partial charge on any atom is 0.00479 e. The van der Waals surface area contributed by atoms with Gasteiger partial charge in [-0.3, -0.25) is 0 Å². The van der Waals surface area contributed by atoms with Crippen molar-refractivity contribution in [2.24, 2.45) is 23.7 Å². The molecule has 0 saturated heterocycles. The third-order valence-corrected chi connectivity index (χ3v) is 10.3. The van der Waals surface area contributed by atoms with Gasteiger partial charge in [-0.15, -0.1) is 5.73 Å². The van der Waals surface area contributed by atoms with Crippen LogP contribution in [0.2, 0.25) is 0 Å². The Bertz CT molecular complexity index is 1500. The molecular weight excluding hydrogens is 540 g/mol. The second-order valence-electron chi connectivity index (χ2n) is 13.3. The van der Waals surface area contributed by atoms with E-state index in [2.05, 4.69) is 112 Å². The summed E-state index contributed by atoms with van der Waals surface area (Å²) in [6, 6.07) is 9.52. The van der Waals surface area contributed by atoms with Crippen LogP contribution in [-0.2, 0) is 6.42 Å². The van der Waals surface area contributed by atoms with Crippen molar-refractivity contribution < 1.29 is 1.43 Å². The van der Waals surface area contributed by atoms with Crippen molar-refractivity contribution in [2.45, 2.75) is 77.0 Å². The second kappa shape index (κ2) is 15.9. The number of fused-ring (bicyclic) bond motifs is 3. The SMILES string of the molecule is C=CC=C.C=CC=C.CCC1=C(CCCC2=CC=C=C(Cc3ccc(C4CCC5=C(C=CC6CC56)C4)cc3)C=C2)C2CC2C=C1.[HH]. The zero-order valence-electron chi connectivity index (χ0n) is 27.5. The van der Waals surface area contributed by atoms with Gasteiger partial charge < -0.3 is 0 Å². The van der Waals surface area contributed by atoms with Crippen molar-refractivity contribution in [3.8, 4) is 0 Å². The number of allylic oxidation sites excluding steroid dienone is 17. The molecule has 0 aliphatic heterocycles. The summed E-state index contributed by atoms with van der Waals surface area (Å²) in [6.45, 7) is 15.8. The highest BCUT2D eigenvalue weighted by Crippen LogP contribution is 2.54. The maximum absolute atomic E-state index is 3.54. The fourth-order valence-electron chi connectivity index (χ4n) is 7.50. The minimum absolute atomic E-state index is 0. The highest BCUT2D eigenvalue weighted by molar-refractivity contribution is 5.43. The molecule has 0 aromatic heterocycles. The molecule has 0 nitrogen and oxygen atoms in total.